The fourth-order valence-corrected chi connectivity index (χ4v) is 1.60. The second-order valence-electron chi connectivity index (χ2n) is 3.80. The van der Waals surface area contributed by atoms with Crippen molar-refractivity contribution in [1.82, 2.24) is 9.97 Å². The molecule has 1 heterocycles. The number of aromatic nitrogens is 2. The number of hydrogen-bond acceptors (Lipinski definition) is 5. The molecule has 1 aromatic heterocycles. The average Bonchev–Trinajstić information content (AvgIpc) is 2.40. The monoisotopic (exact) mass is 244 g/mol. The predicted octanol–water partition coefficient (Wildman–Crippen LogP) is 2.41. The van der Waals surface area contributed by atoms with Crippen LogP contribution in [0.5, 0.6) is 0 Å². The molecule has 0 unspecified atom stereocenters. The van der Waals surface area contributed by atoms with Gasteiger partial charge in [-0.1, -0.05) is 12.1 Å². The number of benzene rings is 1. The Hall–Kier alpha value is -2.14. The molecule has 0 bridgehead atoms. The Bertz CT molecular complexity index is 516. The zero-order chi connectivity index (χ0) is 12.8. The first kappa shape index (κ1) is 12.3. The first-order valence-electron chi connectivity index (χ1n) is 5.66. The van der Waals surface area contributed by atoms with Crippen LogP contribution in [0.2, 0.25) is 0 Å². The summed E-state index contributed by atoms with van der Waals surface area (Å²) in [5.41, 5.74) is 2.08. The number of nitrogens with one attached hydrogen (secondary N) is 2. The van der Waals surface area contributed by atoms with E-state index in [2.05, 4.69) is 20.6 Å². The Morgan fingerprint density at radius 1 is 1.22 bits per heavy atom. The molecule has 0 radical (unpaired) electrons. The maximum Gasteiger partial charge on any atom is 0.151 e. The Morgan fingerprint density at radius 2 is 2.06 bits per heavy atom. The summed E-state index contributed by atoms with van der Waals surface area (Å²) in [4.78, 5) is 8.44. The van der Waals surface area contributed by atoms with Crippen molar-refractivity contribution in [3.8, 4) is 0 Å². The number of anilines is 3. The fraction of sp³-hybridized carbons (Fsp3) is 0.231. The number of nitrogens with zero attached hydrogens (tertiary/aromatic N) is 2. The Kier molecular flexibility index (Phi) is 4.09. The standard InChI is InChI=1S/C13H16N4O/c1-14-12-7-15-8-13(17-12)16-11-5-3-4-10(6-11)9-18-2/h3-8H,9H2,1-2H3,(H2,14,16,17). The van der Waals surface area contributed by atoms with Crippen LogP contribution in [0.1, 0.15) is 5.56 Å². The third kappa shape index (κ3) is 3.18. The topological polar surface area (TPSA) is 59.1 Å². The summed E-state index contributed by atoms with van der Waals surface area (Å²) in [7, 11) is 3.50. The summed E-state index contributed by atoms with van der Waals surface area (Å²) in [6.45, 7) is 0.595. The molecule has 0 atom stereocenters. The Morgan fingerprint density at radius 3 is 2.83 bits per heavy atom. The molecule has 94 valence electrons. The quantitative estimate of drug-likeness (QED) is 0.845. The van der Waals surface area contributed by atoms with Crippen molar-refractivity contribution in [3.63, 3.8) is 0 Å². The van der Waals surface area contributed by atoms with Crippen LogP contribution in [0.25, 0.3) is 0 Å². The summed E-state index contributed by atoms with van der Waals surface area (Å²) in [6.07, 6.45) is 3.36. The van der Waals surface area contributed by atoms with Crippen molar-refractivity contribution in [1.29, 1.82) is 0 Å². The van der Waals surface area contributed by atoms with Gasteiger partial charge in [0.2, 0.25) is 0 Å². The minimum absolute atomic E-state index is 0.595. The lowest BCUT2D eigenvalue weighted by molar-refractivity contribution is 0.185. The van der Waals surface area contributed by atoms with Crippen LogP contribution in [-0.4, -0.2) is 24.1 Å². The van der Waals surface area contributed by atoms with E-state index in [-0.39, 0.29) is 0 Å². The zero-order valence-corrected chi connectivity index (χ0v) is 10.5. The lowest BCUT2D eigenvalue weighted by Crippen LogP contribution is -1.99. The van der Waals surface area contributed by atoms with Crippen molar-refractivity contribution in [3.05, 3.63) is 42.2 Å². The van der Waals surface area contributed by atoms with Gasteiger partial charge in [-0.15, -0.1) is 0 Å². The van der Waals surface area contributed by atoms with E-state index >= 15 is 0 Å². The van der Waals surface area contributed by atoms with E-state index in [0.717, 1.165) is 17.1 Å². The summed E-state index contributed by atoms with van der Waals surface area (Å²) in [5.74, 6) is 1.43. The van der Waals surface area contributed by atoms with Gasteiger partial charge in [-0.05, 0) is 17.7 Å². The van der Waals surface area contributed by atoms with Gasteiger partial charge in [-0.3, -0.25) is 4.98 Å². The molecule has 0 spiro atoms. The highest BCUT2D eigenvalue weighted by molar-refractivity contribution is 5.57. The number of methoxy groups -OCH3 is 1. The van der Waals surface area contributed by atoms with Gasteiger partial charge < -0.3 is 15.4 Å². The van der Waals surface area contributed by atoms with Crippen LogP contribution in [0.15, 0.2) is 36.7 Å². The van der Waals surface area contributed by atoms with E-state index in [1.165, 1.54) is 0 Å². The van der Waals surface area contributed by atoms with E-state index in [4.69, 9.17) is 4.74 Å². The van der Waals surface area contributed by atoms with Crippen molar-refractivity contribution in [2.24, 2.45) is 0 Å². The molecule has 2 rings (SSSR count). The van der Waals surface area contributed by atoms with Crippen LogP contribution >= 0.6 is 0 Å². The lowest BCUT2D eigenvalue weighted by atomic mass is 10.2. The fourth-order valence-electron chi connectivity index (χ4n) is 1.60. The summed E-state index contributed by atoms with van der Waals surface area (Å²) >= 11 is 0. The molecular formula is C13H16N4O. The second-order valence-corrected chi connectivity index (χ2v) is 3.80. The van der Waals surface area contributed by atoms with Gasteiger partial charge in [0.1, 0.15) is 5.82 Å². The molecule has 0 aliphatic carbocycles. The molecule has 0 saturated carbocycles. The highest BCUT2D eigenvalue weighted by Crippen LogP contribution is 2.16. The largest absolute Gasteiger partial charge is 0.380 e. The number of rotatable bonds is 5. The van der Waals surface area contributed by atoms with E-state index < -0.39 is 0 Å². The van der Waals surface area contributed by atoms with Gasteiger partial charge in [0.15, 0.2) is 5.82 Å². The lowest BCUT2D eigenvalue weighted by Gasteiger charge is -2.08. The molecule has 0 fully saturated rings. The van der Waals surface area contributed by atoms with Crippen LogP contribution in [0, 0.1) is 0 Å². The maximum absolute atomic E-state index is 5.10. The minimum atomic E-state index is 0.595. The minimum Gasteiger partial charge on any atom is -0.380 e. The Balaban J connectivity index is 2.14. The third-order valence-electron chi connectivity index (χ3n) is 2.40. The first-order valence-corrected chi connectivity index (χ1v) is 5.66. The van der Waals surface area contributed by atoms with Gasteiger partial charge in [-0.2, -0.15) is 0 Å². The molecule has 2 aromatic rings. The molecule has 1 aromatic carbocycles. The first-order chi connectivity index (χ1) is 8.81. The molecule has 2 N–H and O–H groups in total. The maximum atomic E-state index is 5.10. The van der Waals surface area contributed by atoms with Gasteiger partial charge in [0.25, 0.3) is 0 Å². The molecule has 0 amide bonds. The van der Waals surface area contributed by atoms with Crippen molar-refractivity contribution in [2.75, 3.05) is 24.8 Å². The Labute approximate surface area is 106 Å². The van der Waals surface area contributed by atoms with Crippen molar-refractivity contribution in [2.45, 2.75) is 6.61 Å². The molecule has 0 aliphatic rings. The van der Waals surface area contributed by atoms with E-state index in [1.807, 2.05) is 31.3 Å². The average molecular weight is 244 g/mol. The van der Waals surface area contributed by atoms with E-state index in [1.54, 1.807) is 19.5 Å². The van der Waals surface area contributed by atoms with Gasteiger partial charge in [-0.25, -0.2) is 4.98 Å². The highest BCUT2D eigenvalue weighted by atomic mass is 16.5. The normalized spacial score (nSPS) is 10.1. The summed E-state index contributed by atoms with van der Waals surface area (Å²) in [5, 5.41) is 6.16. The zero-order valence-electron chi connectivity index (χ0n) is 10.5. The smallest absolute Gasteiger partial charge is 0.151 e. The SMILES string of the molecule is CNc1cncc(Nc2cccc(COC)c2)n1. The predicted molar refractivity (Wildman–Crippen MR) is 72.0 cm³/mol. The number of hydrogen-bond donors (Lipinski definition) is 2. The molecule has 5 heteroatoms. The number of ether oxygens (including phenoxy) is 1. The highest BCUT2D eigenvalue weighted by Gasteiger charge is 1.99. The van der Waals surface area contributed by atoms with E-state index in [0.29, 0.717) is 12.4 Å². The summed E-state index contributed by atoms with van der Waals surface area (Å²) < 4.78 is 5.10. The van der Waals surface area contributed by atoms with Gasteiger partial charge >= 0.3 is 0 Å². The molecule has 5 nitrogen and oxygen atoms in total. The second kappa shape index (κ2) is 5.97. The molecular weight excluding hydrogens is 228 g/mol. The summed E-state index contributed by atoms with van der Waals surface area (Å²) in [6, 6.07) is 8.00. The molecule has 0 aliphatic heterocycles. The third-order valence-corrected chi connectivity index (χ3v) is 2.40. The van der Waals surface area contributed by atoms with Crippen LogP contribution in [-0.2, 0) is 11.3 Å². The molecule has 18 heavy (non-hydrogen) atoms. The molecule has 0 saturated heterocycles. The van der Waals surface area contributed by atoms with Gasteiger partial charge in [0.05, 0.1) is 19.0 Å². The van der Waals surface area contributed by atoms with E-state index in [9.17, 15) is 0 Å². The van der Waals surface area contributed by atoms with Crippen molar-refractivity contribution >= 4 is 17.3 Å². The van der Waals surface area contributed by atoms with Gasteiger partial charge in [0, 0.05) is 19.8 Å². The van der Waals surface area contributed by atoms with Crippen molar-refractivity contribution < 1.29 is 4.74 Å². The van der Waals surface area contributed by atoms with Crippen LogP contribution in [0.4, 0.5) is 17.3 Å². The van der Waals surface area contributed by atoms with Crippen LogP contribution in [0.3, 0.4) is 0 Å². The van der Waals surface area contributed by atoms with Crippen LogP contribution < -0.4 is 10.6 Å².